The second kappa shape index (κ2) is 10.7. The van der Waals surface area contributed by atoms with Gasteiger partial charge in [-0.25, -0.2) is 9.59 Å². The van der Waals surface area contributed by atoms with E-state index in [9.17, 15) is 14.4 Å². The molecule has 6 nitrogen and oxygen atoms in total. The largest absolute Gasteiger partial charge is 0.467 e. The van der Waals surface area contributed by atoms with E-state index in [-0.39, 0.29) is 17.0 Å². The highest BCUT2D eigenvalue weighted by Gasteiger charge is 2.32. The van der Waals surface area contributed by atoms with Gasteiger partial charge < -0.3 is 14.8 Å². The number of hydrogen-bond acceptors (Lipinski definition) is 6. The van der Waals surface area contributed by atoms with Crippen LogP contribution in [-0.4, -0.2) is 47.6 Å². The summed E-state index contributed by atoms with van der Waals surface area (Å²) >= 11 is 1.51. The van der Waals surface area contributed by atoms with Crippen molar-refractivity contribution in [2.75, 3.05) is 12.9 Å². The number of methoxy groups -OCH3 is 1. The van der Waals surface area contributed by atoms with Gasteiger partial charge >= 0.3 is 12.1 Å². The van der Waals surface area contributed by atoms with Crippen LogP contribution < -0.4 is 5.32 Å². The highest BCUT2D eigenvalue weighted by atomic mass is 32.2. The predicted molar refractivity (Wildman–Crippen MR) is 119 cm³/mol. The fraction of sp³-hybridized carbons (Fsp3) is 0.522. The number of ether oxygens (including phenoxy) is 2. The van der Waals surface area contributed by atoms with Crippen molar-refractivity contribution >= 4 is 35.7 Å². The number of rotatable bonds is 6. The molecule has 0 aromatic heterocycles. The Morgan fingerprint density at radius 2 is 1.90 bits per heavy atom. The highest BCUT2D eigenvalue weighted by molar-refractivity contribution is 8.00. The third-order valence-electron chi connectivity index (χ3n) is 4.72. The molecule has 1 N–H and O–H groups in total. The number of nitrogens with one attached hydrogen (secondary N) is 1. The van der Waals surface area contributed by atoms with Gasteiger partial charge in [0.05, 0.1) is 7.11 Å². The van der Waals surface area contributed by atoms with Crippen LogP contribution in [0.5, 0.6) is 0 Å². The number of hydrogen-bond donors (Lipinski definition) is 1. The molecule has 1 saturated carbocycles. The van der Waals surface area contributed by atoms with E-state index < -0.39 is 23.7 Å². The Morgan fingerprint density at radius 3 is 2.50 bits per heavy atom. The van der Waals surface area contributed by atoms with E-state index in [2.05, 4.69) is 12.2 Å². The molecule has 2 rings (SSSR count). The lowest BCUT2D eigenvalue weighted by Gasteiger charge is -2.30. The summed E-state index contributed by atoms with van der Waals surface area (Å²) in [6.07, 6.45) is 2.39. The lowest BCUT2D eigenvalue weighted by atomic mass is 9.84. The zero-order valence-electron chi connectivity index (χ0n) is 18.3. The van der Waals surface area contributed by atoms with Crippen molar-refractivity contribution in [2.24, 2.45) is 5.92 Å². The molecule has 1 aromatic carbocycles. The molecule has 0 saturated heterocycles. The topological polar surface area (TPSA) is 81.7 Å². The van der Waals surface area contributed by atoms with Gasteiger partial charge in [-0.2, -0.15) is 11.8 Å². The molecular weight excluding hydrogens is 402 g/mol. The molecule has 7 heteroatoms. The summed E-state index contributed by atoms with van der Waals surface area (Å²) in [5.74, 6) is 0.172. The molecule has 2 unspecified atom stereocenters. The molecular formula is C23H31NO5S. The first-order valence-electron chi connectivity index (χ1n) is 10.1. The van der Waals surface area contributed by atoms with Crippen LogP contribution >= 0.6 is 11.8 Å². The van der Waals surface area contributed by atoms with Gasteiger partial charge in [0, 0.05) is 17.4 Å². The van der Waals surface area contributed by atoms with Crippen molar-refractivity contribution in [1.29, 1.82) is 0 Å². The van der Waals surface area contributed by atoms with Crippen LogP contribution in [0.1, 0.15) is 46.1 Å². The standard InChI is InChI=1S/C23H31NO5S/c1-15-11-17(12-16-9-7-6-8-10-16)19(25)13-20(15)30-14-18(21(26)28-5)24-22(27)29-23(2,3)4/h6-10,12,15,18,20H,11,13-14H2,1-5H3,(H,24,27)/b17-12+/t15?,18-,20?/m0/s1. The maximum atomic E-state index is 12.7. The van der Waals surface area contributed by atoms with Crippen LogP contribution in [0.3, 0.4) is 0 Å². The number of alkyl carbamates (subject to hydrolysis) is 1. The van der Waals surface area contributed by atoms with Crippen molar-refractivity contribution < 1.29 is 23.9 Å². The van der Waals surface area contributed by atoms with Crippen LogP contribution in [0.25, 0.3) is 6.08 Å². The molecule has 0 spiro atoms. The Kier molecular flexibility index (Phi) is 8.53. The number of benzene rings is 1. The Hall–Kier alpha value is -2.28. The Bertz CT molecular complexity index is 785. The number of amides is 1. The Balaban J connectivity index is 1.97. The van der Waals surface area contributed by atoms with Crippen LogP contribution in [-0.2, 0) is 19.1 Å². The zero-order valence-corrected chi connectivity index (χ0v) is 19.1. The minimum absolute atomic E-state index is 0.0676. The Morgan fingerprint density at radius 1 is 1.23 bits per heavy atom. The molecule has 0 heterocycles. The molecule has 1 aliphatic rings. The number of allylic oxidation sites excluding steroid dienone is 1. The predicted octanol–water partition coefficient (Wildman–Crippen LogP) is 4.24. The van der Waals surface area contributed by atoms with Crippen LogP contribution in [0.15, 0.2) is 35.9 Å². The van der Waals surface area contributed by atoms with Gasteiger partial charge in [-0.05, 0) is 50.3 Å². The van der Waals surface area contributed by atoms with E-state index >= 15 is 0 Å². The first-order chi connectivity index (χ1) is 14.1. The number of carbonyl (C=O) groups is 3. The Labute approximate surface area is 182 Å². The smallest absolute Gasteiger partial charge is 0.408 e. The lowest BCUT2D eigenvalue weighted by molar-refractivity contribution is -0.142. The summed E-state index contributed by atoms with van der Waals surface area (Å²) < 4.78 is 10.1. The molecule has 1 aromatic rings. The molecule has 1 amide bonds. The summed E-state index contributed by atoms with van der Waals surface area (Å²) in [6, 6.07) is 8.98. The molecule has 164 valence electrons. The van der Waals surface area contributed by atoms with Gasteiger partial charge in [-0.3, -0.25) is 4.79 Å². The number of carbonyl (C=O) groups excluding carboxylic acids is 3. The molecule has 0 aliphatic heterocycles. The maximum Gasteiger partial charge on any atom is 0.408 e. The van der Waals surface area contributed by atoms with E-state index in [1.165, 1.54) is 18.9 Å². The first kappa shape index (κ1) is 24.0. The van der Waals surface area contributed by atoms with Crippen molar-refractivity contribution in [3.05, 3.63) is 41.5 Å². The fourth-order valence-corrected chi connectivity index (χ4v) is 4.55. The van der Waals surface area contributed by atoms with Gasteiger partial charge in [0.15, 0.2) is 5.78 Å². The molecule has 3 atom stereocenters. The van der Waals surface area contributed by atoms with E-state index in [1.54, 1.807) is 20.8 Å². The van der Waals surface area contributed by atoms with Crippen molar-refractivity contribution in [2.45, 2.75) is 57.4 Å². The molecule has 30 heavy (non-hydrogen) atoms. The van der Waals surface area contributed by atoms with Gasteiger partial charge in [-0.1, -0.05) is 37.3 Å². The summed E-state index contributed by atoms with van der Waals surface area (Å²) in [5.41, 5.74) is 1.19. The number of ketones is 1. The first-order valence-corrected chi connectivity index (χ1v) is 11.1. The summed E-state index contributed by atoms with van der Waals surface area (Å²) in [4.78, 5) is 36.8. The summed E-state index contributed by atoms with van der Waals surface area (Å²) in [5, 5.41) is 2.65. The van der Waals surface area contributed by atoms with Crippen LogP contribution in [0, 0.1) is 5.92 Å². The SMILES string of the molecule is COC(=O)[C@H](CSC1CC(=O)/C(=C/c2ccccc2)CC1C)NC(=O)OC(C)(C)C. The van der Waals surface area contributed by atoms with E-state index in [0.29, 0.717) is 18.6 Å². The maximum absolute atomic E-state index is 12.7. The highest BCUT2D eigenvalue weighted by Crippen LogP contribution is 2.35. The molecule has 1 aliphatic carbocycles. The lowest BCUT2D eigenvalue weighted by Crippen LogP contribution is -2.46. The van der Waals surface area contributed by atoms with Gasteiger partial charge in [-0.15, -0.1) is 0 Å². The normalized spacial score (nSPS) is 21.8. The number of esters is 1. The quantitative estimate of drug-likeness (QED) is 0.534. The fourth-order valence-electron chi connectivity index (χ4n) is 3.20. The van der Waals surface area contributed by atoms with Crippen LogP contribution in [0.4, 0.5) is 4.79 Å². The number of Topliss-reactive ketones (excluding diaryl/α,β-unsaturated/α-hetero) is 1. The van der Waals surface area contributed by atoms with Crippen LogP contribution in [0.2, 0.25) is 0 Å². The third-order valence-corrected chi connectivity index (χ3v) is 6.30. The zero-order chi connectivity index (χ0) is 22.3. The van der Waals surface area contributed by atoms with E-state index in [0.717, 1.165) is 11.1 Å². The van der Waals surface area contributed by atoms with Gasteiger partial charge in [0.2, 0.25) is 0 Å². The molecule has 0 bridgehead atoms. The van der Waals surface area contributed by atoms with Gasteiger partial charge in [0.25, 0.3) is 0 Å². The van der Waals surface area contributed by atoms with Crippen molar-refractivity contribution in [1.82, 2.24) is 5.32 Å². The third kappa shape index (κ3) is 7.52. The minimum Gasteiger partial charge on any atom is -0.467 e. The molecule has 0 radical (unpaired) electrons. The van der Waals surface area contributed by atoms with Crippen molar-refractivity contribution in [3.63, 3.8) is 0 Å². The minimum atomic E-state index is -0.835. The van der Waals surface area contributed by atoms with E-state index in [1.807, 2.05) is 36.4 Å². The summed E-state index contributed by atoms with van der Waals surface area (Å²) in [6.45, 7) is 7.37. The molecule has 1 fully saturated rings. The van der Waals surface area contributed by atoms with Crippen molar-refractivity contribution in [3.8, 4) is 0 Å². The van der Waals surface area contributed by atoms with E-state index in [4.69, 9.17) is 9.47 Å². The second-order valence-electron chi connectivity index (χ2n) is 8.48. The van der Waals surface area contributed by atoms with Gasteiger partial charge in [0.1, 0.15) is 11.6 Å². The average molecular weight is 434 g/mol. The summed E-state index contributed by atoms with van der Waals surface area (Å²) in [7, 11) is 1.28. The average Bonchev–Trinajstić information content (AvgIpc) is 2.67. The second-order valence-corrected chi connectivity index (χ2v) is 9.75. The number of thioether (sulfide) groups is 1. The monoisotopic (exact) mass is 433 g/mol.